The van der Waals surface area contributed by atoms with Crippen molar-refractivity contribution in [3.8, 4) is 0 Å². The summed E-state index contributed by atoms with van der Waals surface area (Å²) < 4.78 is 0. The molecule has 7 heteroatoms. The van der Waals surface area contributed by atoms with Gasteiger partial charge in [0.15, 0.2) is 12.2 Å². The second-order valence-corrected chi connectivity index (χ2v) is 8.21. The third-order valence-electron chi connectivity index (χ3n) is 5.44. The fourth-order valence-electron chi connectivity index (χ4n) is 4.32. The number of imide groups is 1. The van der Waals surface area contributed by atoms with Gasteiger partial charge in [-0.15, -0.1) is 0 Å². The SMILES string of the molecule is Cc1cc(C)cc(N2CCN3C2=NC2C3C(=O)N(CC(C)C)C(=O)N2C)c1. The first-order chi connectivity index (χ1) is 12.8. The minimum absolute atomic E-state index is 0.127. The van der Waals surface area contributed by atoms with E-state index in [4.69, 9.17) is 4.99 Å². The van der Waals surface area contributed by atoms with E-state index in [-0.39, 0.29) is 17.9 Å². The number of carbonyl (C=O) groups excluding carboxylic acids is 2. The summed E-state index contributed by atoms with van der Waals surface area (Å²) in [5.41, 5.74) is 3.49. The van der Waals surface area contributed by atoms with Crippen molar-refractivity contribution in [3.05, 3.63) is 29.3 Å². The quantitative estimate of drug-likeness (QED) is 0.818. The van der Waals surface area contributed by atoms with Crippen molar-refractivity contribution in [2.24, 2.45) is 10.9 Å². The summed E-state index contributed by atoms with van der Waals surface area (Å²) in [5, 5.41) is 0. The largest absolute Gasteiger partial charge is 0.328 e. The van der Waals surface area contributed by atoms with E-state index in [1.807, 2.05) is 13.8 Å². The van der Waals surface area contributed by atoms with Crippen molar-refractivity contribution in [1.29, 1.82) is 0 Å². The predicted molar refractivity (Wildman–Crippen MR) is 105 cm³/mol. The number of urea groups is 1. The molecule has 3 aliphatic heterocycles. The molecule has 27 heavy (non-hydrogen) atoms. The highest BCUT2D eigenvalue weighted by Crippen LogP contribution is 2.34. The lowest BCUT2D eigenvalue weighted by molar-refractivity contribution is -0.137. The molecule has 3 amide bonds. The fraction of sp³-hybridized carbons (Fsp3) is 0.550. The molecular weight excluding hydrogens is 342 g/mol. The Balaban J connectivity index is 1.67. The third kappa shape index (κ3) is 2.76. The smallest absolute Gasteiger partial charge is 0.325 e. The summed E-state index contributed by atoms with van der Waals surface area (Å²) in [5.74, 6) is 0.905. The van der Waals surface area contributed by atoms with Crippen LogP contribution in [0.5, 0.6) is 0 Å². The zero-order chi connectivity index (χ0) is 19.5. The number of aliphatic imine (C=N–C) groups is 1. The molecule has 0 saturated carbocycles. The molecule has 3 heterocycles. The highest BCUT2D eigenvalue weighted by molar-refractivity contribution is 6.08. The first-order valence-corrected chi connectivity index (χ1v) is 9.56. The van der Waals surface area contributed by atoms with E-state index in [0.717, 1.165) is 24.7 Å². The molecule has 144 valence electrons. The average molecular weight is 369 g/mol. The van der Waals surface area contributed by atoms with E-state index in [0.29, 0.717) is 6.54 Å². The Morgan fingerprint density at radius 3 is 2.41 bits per heavy atom. The number of aryl methyl sites for hydroxylation is 2. The van der Waals surface area contributed by atoms with Crippen LogP contribution >= 0.6 is 0 Å². The van der Waals surface area contributed by atoms with E-state index >= 15 is 0 Å². The molecule has 7 nitrogen and oxygen atoms in total. The first-order valence-electron chi connectivity index (χ1n) is 9.56. The molecule has 2 unspecified atom stereocenters. The average Bonchev–Trinajstić information content (AvgIpc) is 3.14. The van der Waals surface area contributed by atoms with Crippen LogP contribution in [0.3, 0.4) is 0 Å². The lowest BCUT2D eigenvalue weighted by Crippen LogP contribution is -2.65. The van der Waals surface area contributed by atoms with Crippen LogP contribution in [0.15, 0.2) is 23.2 Å². The fourth-order valence-corrected chi connectivity index (χ4v) is 4.32. The summed E-state index contributed by atoms with van der Waals surface area (Å²) in [6.45, 7) is 10.2. The van der Waals surface area contributed by atoms with Gasteiger partial charge < -0.3 is 14.7 Å². The van der Waals surface area contributed by atoms with Crippen molar-refractivity contribution in [1.82, 2.24) is 14.7 Å². The van der Waals surface area contributed by atoms with Gasteiger partial charge in [0.25, 0.3) is 5.91 Å². The highest BCUT2D eigenvalue weighted by Gasteiger charge is 2.54. The number of carbonyl (C=O) groups is 2. The van der Waals surface area contributed by atoms with Crippen molar-refractivity contribution >= 4 is 23.6 Å². The lowest BCUT2D eigenvalue weighted by atomic mass is 10.1. The van der Waals surface area contributed by atoms with Crippen LogP contribution in [-0.4, -0.2) is 71.5 Å². The van der Waals surface area contributed by atoms with Gasteiger partial charge in [-0.2, -0.15) is 0 Å². The normalized spacial score (nSPS) is 24.7. The maximum Gasteiger partial charge on any atom is 0.328 e. The number of nitrogens with zero attached hydrogens (tertiary/aromatic N) is 5. The van der Waals surface area contributed by atoms with Crippen LogP contribution in [0, 0.1) is 19.8 Å². The summed E-state index contributed by atoms with van der Waals surface area (Å²) in [6, 6.07) is 5.76. The number of amides is 3. The van der Waals surface area contributed by atoms with Gasteiger partial charge in [0.2, 0.25) is 5.96 Å². The molecule has 2 fully saturated rings. The Kier molecular flexibility index (Phi) is 4.13. The van der Waals surface area contributed by atoms with Crippen LogP contribution in [0.25, 0.3) is 0 Å². The number of rotatable bonds is 3. The molecule has 0 radical (unpaired) electrons. The number of anilines is 1. The van der Waals surface area contributed by atoms with Crippen LogP contribution in [0.1, 0.15) is 25.0 Å². The van der Waals surface area contributed by atoms with E-state index in [1.54, 1.807) is 11.9 Å². The third-order valence-corrected chi connectivity index (χ3v) is 5.44. The van der Waals surface area contributed by atoms with Gasteiger partial charge in [-0.05, 0) is 43.0 Å². The molecule has 0 spiro atoms. The number of hydrogen-bond acceptors (Lipinski definition) is 5. The molecule has 0 bridgehead atoms. The maximum absolute atomic E-state index is 13.1. The Morgan fingerprint density at radius 1 is 1.11 bits per heavy atom. The topological polar surface area (TPSA) is 59.5 Å². The molecule has 0 aromatic heterocycles. The molecule has 2 atom stereocenters. The summed E-state index contributed by atoms with van der Waals surface area (Å²) in [7, 11) is 1.74. The second kappa shape index (κ2) is 6.25. The molecule has 1 aromatic rings. The van der Waals surface area contributed by atoms with Gasteiger partial charge in [-0.25, -0.2) is 9.79 Å². The van der Waals surface area contributed by atoms with Crippen molar-refractivity contribution in [3.63, 3.8) is 0 Å². The number of likely N-dealkylation sites (N-methyl/N-ethyl adjacent to an activating group) is 1. The van der Waals surface area contributed by atoms with Gasteiger partial charge in [-0.1, -0.05) is 19.9 Å². The van der Waals surface area contributed by atoms with Gasteiger partial charge in [-0.3, -0.25) is 9.69 Å². The number of guanidine groups is 1. The van der Waals surface area contributed by atoms with E-state index < -0.39 is 12.2 Å². The minimum atomic E-state index is -0.447. The Bertz CT molecular complexity index is 813. The number of hydrogen-bond donors (Lipinski definition) is 0. The van der Waals surface area contributed by atoms with Crippen molar-refractivity contribution in [2.45, 2.75) is 39.9 Å². The standard InChI is InChI=1S/C20H27N5O2/c1-12(2)11-25-18(26)16-17(22(5)20(25)27)21-19-23(6-7-24(16)19)15-9-13(3)8-14(4)10-15/h8-10,12,16-17H,6-7,11H2,1-5H3. The number of fused-ring (bicyclic) bond motifs is 3. The summed E-state index contributed by atoms with van der Waals surface area (Å²) in [6.07, 6.45) is -0.447. The van der Waals surface area contributed by atoms with Crippen LogP contribution in [0.4, 0.5) is 10.5 Å². The maximum atomic E-state index is 13.1. The molecule has 0 aliphatic carbocycles. The Morgan fingerprint density at radius 2 is 1.78 bits per heavy atom. The molecule has 2 saturated heterocycles. The van der Waals surface area contributed by atoms with E-state index in [2.05, 4.69) is 41.8 Å². The molecule has 0 N–H and O–H groups in total. The molecule has 4 rings (SSSR count). The van der Waals surface area contributed by atoms with Gasteiger partial charge in [0.05, 0.1) is 0 Å². The molecule has 3 aliphatic rings. The van der Waals surface area contributed by atoms with Crippen LogP contribution < -0.4 is 4.90 Å². The minimum Gasteiger partial charge on any atom is -0.325 e. The first kappa shape index (κ1) is 17.8. The van der Waals surface area contributed by atoms with Gasteiger partial charge in [0, 0.05) is 32.4 Å². The van der Waals surface area contributed by atoms with Gasteiger partial charge >= 0.3 is 6.03 Å². The van der Waals surface area contributed by atoms with E-state index in [1.165, 1.54) is 16.0 Å². The van der Waals surface area contributed by atoms with Crippen molar-refractivity contribution < 1.29 is 9.59 Å². The Hall–Kier alpha value is -2.57. The molecule has 1 aromatic carbocycles. The second-order valence-electron chi connectivity index (χ2n) is 8.21. The monoisotopic (exact) mass is 369 g/mol. The zero-order valence-corrected chi connectivity index (χ0v) is 16.6. The number of benzene rings is 1. The van der Waals surface area contributed by atoms with E-state index in [9.17, 15) is 9.59 Å². The molecular formula is C20H27N5O2. The van der Waals surface area contributed by atoms with Gasteiger partial charge in [0.1, 0.15) is 0 Å². The van der Waals surface area contributed by atoms with Crippen molar-refractivity contribution in [2.75, 3.05) is 31.6 Å². The highest BCUT2D eigenvalue weighted by atomic mass is 16.2. The predicted octanol–water partition coefficient (Wildman–Crippen LogP) is 2.04. The zero-order valence-electron chi connectivity index (χ0n) is 16.6. The summed E-state index contributed by atoms with van der Waals surface area (Å²) in [4.78, 5) is 37.9. The van der Waals surface area contributed by atoms with Crippen LogP contribution in [-0.2, 0) is 4.79 Å². The summed E-state index contributed by atoms with van der Waals surface area (Å²) >= 11 is 0. The van der Waals surface area contributed by atoms with Crippen LogP contribution in [0.2, 0.25) is 0 Å². The lowest BCUT2D eigenvalue weighted by Gasteiger charge is -2.41. The Labute approximate surface area is 160 Å².